The van der Waals surface area contributed by atoms with E-state index in [2.05, 4.69) is 10.6 Å². The Morgan fingerprint density at radius 2 is 2.04 bits per heavy atom. The normalized spacial score (nSPS) is 24.3. The monoisotopic (exact) mass is 421 g/mol. The van der Waals surface area contributed by atoms with Crippen LogP contribution in [0.25, 0.3) is 0 Å². The molecule has 3 rings (SSSR count). The molecule has 1 aliphatic heterocycles. The van der Waals surface area contributed by atoms with Gasteiger partial charge in [0.05, 0.1) is 32.8 Å². The standard InChI is InChI=1S/C16H15ClF3N3O3S/c17-11-2-1-9(16(18,19)20)5-13(11)27(25,26)10-6-12(22-7-10)14(24)23-15(8-21)3-4-15/h1-2,5,10,12,22H,3-4,6-7H2,(H,23,24). The maximum Gasteiger partial charge on any atom is 0.416 e. The average molecular weight is 422 g/mol. The van der Waals surface area contributed by atoms with Crippen LogP contribution in [0.2, 0.25) is 5.02 Å². The number of amides is 1. The minimum absolute atomic E-state index is 0.105. The molecule has 2 aliphatic rings. The minimum atomic E-state index is -4.71. The van der Waals surface area contributed by atoms with Gasteiger partial charge in [-0.15, -0.1) is 0 Å². The van der Waals surface area contributed by atoms with Gasteiger partial charge in [0, 0.05) is 6.54 Å². The van der Waals surface area contributed by atoms with E-state index in [-0.39, 0.29) is 18.0 Å². The summed E-state index contributed by atoms with van der Waals surface area (Å²) in [5, 5.41) is 12.9. The van der Waals surface area contributed by atoms with Crippen molar-refractivity contribution in [1.29, 1.82) is 5.26 Å². The number of benzene rings is 1. The molecule has 1 aromatic rings. The lowest BCUT2D eigenvalue weighted by atomic mass is 10.2. The van der Waals surface area contributed by atoms with Gasteiger partial charge in [-0.05, 0) is 37.5 Å². The fourth-order valence-electron chi connectivity index (χ4n) is 2.93. The number of sulfone groups is 1. The van der Waals surface area contributed by atoms with Crippen molar-refractivity contribution < 1.29 is 26.4 Å². The lowest BCUT2D eigenvalue weighted by molar-refractivity contribution is -0.137. The van der Waals surface area contributed by atoms with Crippen molar-refractivity contribution in [1.82, 2.24) is 10.6 Å². The van der Waals surface area contributed by atoms with Crippen LogP contribution in [0.1, 0.15) is 24.8 Å². The fraction of sp³-hybridized carbons (Fsp3) is 0.500. The number of alkyl halides is 3. The van der Waals surface area contributed by atoms with E-state index in [4.69, 9.17) is 16.9 Å². The van der Waals surface area contributed by atoms with Gasteiger partial charge in [0.1, 0.15) is 5.54 Å². The van der Waals surface area contributed by atoms with Gasteiger partial charge in [0.15, 0.2) is 9.84 Å². The Morgan fingerprint density at radius 3 is 2.59 bits per heavy atom. The first kappa shape index (κ1) is 19.9. The van der Waals surface area contributed by atoms with E-state index in [0.717, 1.165) is 6.07 Å². The van der Waals surface area contributed by atoms with Crippen LogP contribution >= 0.6 is 11.6 Å². The maximum absolute atomic E-state index is 12.9. The minimum Gasteiger partial charge on any atom is -0.336 e. The largest absolute Gasteiger partial charge is 0.416 e. The number of nitrogens with one attached hydrogen (secondary N) is 2. The second kappa shape index (κ2) is 6.65. The van der Waals surface area contributed by atoms with E-state index in [1.807, 2.05) is 6.07 Å². The van der Waals surface area contributed by atoms with E-state index in [1.165, 1.54) is 0 Å². The Kier molecular flexibility index (Phi) is 4.91. The number of rotatable bonds is 4. The Hall–Kier alpha value is -1.83. The SMILES string of the molecule is N#CC1(NC(=O)C2CC(S(=O)(=O)c3cc(C(F)(F)F)ccc3Cl)CN2)CC1. The van der Waals surface area contributed by atoms with Crippen LogP contribution in [-0.2, 0) is 20.8 Å². The molecule has 1 saturated heterocycles. The van der Waals surface area contributed by atoms with Gasteiger partial charge in [-0.2, -0.15) is 18.4 Å². The Bertz CT molecular complexity index is 923. The average Bonchev–Trinajstić information content (AvgIpc) is 3.17. The van der Waals surface area contributed by atoms with Crippen LogP contribution in [0.5, 0.6) is 0 Å². The predicted molar refractivity (Wildman–Crippen MR) is 89.6 cm³/mol. The van der Waals surface area contributed by atoms with Crippen molar-refractivity contribution in [3.05, 3.63) is 28.8 Å². The summed E-state index contributed by atoms with van der Waals surface area (Å²) < 4.78 is 64.3. The molecular formula is C16H15ClF3N3O3S. The molecule has 1 amide bonds. The summed E-state index contributed by atoms with van der Waals surface area (Å²) >= 11 is 5.84. The number of nitrogens with zero attached hydrogens (tertiary/aromatic N) is 1. The molecule has 0 bridgehead atoms. The third-order valence-electron chi connectivity index (χ3n) is 4.74. The number of carbonyl (C=O) groups excluding carboxylic acids is 1. The molecule has 11 heteroatoms. The number of halogens is 4. The third-order valence-corrected chi connectivity index (χ3v) is 7.37. The van der Waals surface area contributed by atoms with E-state index in [9.17, 15) is 26.4 Å². The molecule has 2 atom stereocenters. The second-order valence-electron chi connectivity index (χ2n) is 6.69. The zero-order chi connectivity index (χ0) is 20.0. The molecule has 2 N–H and O–H groups in total. The topological polar surface area (TPSA) is 99.1 Å². The number of hydrogen-bond donors (Lipinski definition) is 2. The highest BCUT2D eigenvalue weighted by atomic mass is 35.5. The molecule has 146 valence electrons. The van der Waals surface area contributed by atoms with E-state index in [0.29, 0.717) is 25.0 Å². The summed E-state index contributed by atoms with van der Waals surface area (Å²) in [6.45, 7) is -0.105. The molecule has 1 heterocycles. The van der Waals surface area contributed by atoms with Crippen molar-refractivity contribution in [2.24, 2.45) is 0 Å². The highest BCUT2D eigenvalue weighted by Crippen LogP contribution is 2.36. The lowest BCUT2D eigenvalue weighted by Crippen LogP contribution is -2.45. The summed E-state index contributed by atoms with van der Waals surface area (Å²) in [7, 11) is -4.19. The Labute approximate surface area is 158 Å². The van der Waals surface area contributed by atoms with Crippen LogP contribution in [0.4, 0.5) is 13.2 Å². The zero-order valence-corrected chi connectivity index (χ0v) is 15.4. The molecule has 2 fully saturated rings. The highest BCUT2D eigenvalue weighted by molar-refractivity contribution is 7.92. The maximum atomic E-state index is 12.9. The summed E-state index contributed by atoms with van der Waals surface area (Å²) in [6.07, 6.45) is -3.77. The third kappa shape index (κ3) is 3.90. The van der Waals surface area contributed by atoms with E-state index >= 15 is 0 Å². The first-order valence-electron chi connectivity index (χ1n) is 8.06. The first-order chi connectivity index (χ1) is 12.5. The Morgan fingerprint density at radius 1 is 1.37 bits per heavy atom. The molecule has 0 aromatic heterocycles. The van der Waals surface area contributed by atoms with Crippen molar-refractivity contribution in [2.45, 2.75) is 47.2 Å². The zero-order valence-electron chi connectivity index (χ0n) is 13.8. The van der Waals surface area contributed by atoms with Gasteiger partial charge in [-0.25, -0.2) is 8.42 Å². The number of hydrogen-bond acceptors (Lipinski definition) is 5. The van der Waals surface area contributed by atoms with Crippen LogP contribution in [-0.4, -0.2) is 37.7 Å². The molecule has 0 spiro atoms. The predicted octanol–water partition coefficient (Wildman–Crippen LogP) is 2.04. The molecule has 6 nitrogen and oxygen atoms in total. The van der Waals surface area contributed by atoms with Crippen LogP contribution in [0.15, 0.2) is 23.1 Å². The fourth-order valence-corrected chi connectivity index (χ4v) is 5.12. The van der Waals surface area contributed by atoms with E-state index < -0.39 is 49.2 Å². The van der Waals surface area contributed by atoms with Crippen LogP contribution < -0.4 is 10.6 Å². The van der Waals surface area contributed by atoms with Crippen molar-refractivity contribution in [2.75, 3.05) is 6.54 Å². The van der Waals surface area contributed by atoms with Gasteiger partial charge >= 0.3 is 6.18 Å². The van der Waals surface area contributed by atoms with Gasteiger partial charge in [-0.1, -0.05) is 11.6 Å². The van der Waals surface area contributed by atoms with Gasteiger partial charge in [-0.3, -0.25) is 4.79 Å². The van der Waals surface area contributed by atoms with Crippen molar-refractivity contribution >= 4 is 27.3 Å². The number of carbonyl (C=O) groups is 1. The second-order valence-corrected chi connectivity index (χ2v) is 9.29. The molecular weight excluding hydrogens is 407 g/mol. The van der Waals surface area contributed by atoms with Gasteiger partial charge in [0.2, 0.25) is 5.91 Å². The van der Waals surface area contributed by atoms with Crippen LogP contribution in [0.3, 0.4) is 0 Å². The summed E-state index contributed by atoms with van der Waals surface area (Å²) in [6, 6.07) is 3.27. The van der Waals surface area contributed by atoms with Crippen LogP contribution in [0, 0.1) is 11.3 Å². The van der Waals surface area contributed by atoms with E-state index in [1.54, 1.807) is 0 Å². The smallest absolute Gasteiger partial charge is 0.336 e. The molecule has 1 saturated carbocycles. The summed E-state index contributed by atoms with van der Waals surface area (Å²) in [5.41, 5.74) is -2.00. The van der Waals surface area contributed by atoms with Gasteiger partial charge < -0.3 is 10.6 Å². The van der Waals surface area contributed by atoms with Crippen molar-refractivity contribution in [3.8, 4) is 6.07 Å². The lowest BCUT2D eigenvalue weighted by Gasteiger charge is -2.16. The summed E-state index contributed by atoms with van der Waals surface area (Å²) in [4.78, 5) is 11.6. The quantitative estimate of drug-likeness (QED) is 0.775. The molecule has 2 unspecified atom stereocenters. The molecule has 1 aromatic carbocycles. The van der Waals surface area contributed by atoms with Crippen molar-refractivity contribution in [3.63, 3.8) is 0 Å². The molecule has 1 aliphatic carbocycles. The first-order valence-corrected chi connectivity index (χ1v) is 9.98. The molecule has 0 radical (unpaired) electrons. The number of nitriles is 1. The highest BCUT2D eigenvalue weighted by Gasteiger charge is 2.47. The Balaban J connectivity index is 1.79. The van der Waals surface area contributed by atoms with Gasteiger partial charge in [0.25, 0.3) is 0 Å². The molecule has 27 heavy (non-hydrogen) atoms. The summed E-state index contributed by atoms with van der Waals surface area (Å²) in [5.74, 6) is -0.498.